The van der Waals surface area contributed by atoms with Crippen molar-refractivity contribution >= 4 is 51.3 Å². The Kier molecular flexibility index (Phi) is 3.60. The summed E-state index contributed by atoms with van der Waals surface area (Å²) in [7, 11) is 1.66. The second-order valence-electron chi connectivity index (χ2n) is 6.93. The molecule has 0 amide bonds. The molecular weight excluding hydrogens is 381 g/mol. The van der Waals surface area contributed by atoms with E-state index in [0.29, 0.717) is 28.4 Å². The van der Waals surface area contributed by atoms with E-state index in [4.69, 9.17) is 0 Å². The van der Waals surface area contributed by atoms with Gasteiger partial charge in [0.2, 0.25) is 5.95 Å². The molecule has 1 atom stereocenters. The van der Waals surface area contributed by atoms with Crippen LogP contribution in [0.3, 0.4) is 0 Å². The number of nitrogens with zero attached hydrogens (tertiary/aromatic N) is 6. The van der Waals surface area contributed by atoms with Crippen molar-refractivity contribution in [3.63, 3.8) is 0 Å². The number of nitrogens with one attached hydrogen (secondary N) is 1. The average molecular weight is 397 g/mol. The summed E-state index contributed by atoms with van der Waals surface area (Å²) in [4.78, 5) is 21.6. The zero-order valence-corrected chi connectivity index (χ0v) is 16.2. The second kappa shape index (κ2) is 5.93. The predicted molar refractivity (Wildman–Crippen MR) is 107 cm³/mol. The van der Waals surface area contributed by atoms with Crippen LogP contribution in [0.1, 0.15) is 18.9 Å². The smallest absolute Gasteiger partial charge is 0.324 e. The second-order valence-corrected chi connectivity index (χ2v) is 7.45. The highest BCUT2D eigenvalue weighted by Crippen LogP contribution is 2.35. The lowest BCUT2D eigenvalue weighted by atomic mass is 9.93. The molecule has 28 heavy (non-hydrogen) atoms. The molecule has 0 bridgehead atoms. The van der Waals surface area contributed by atoms with Crippen LogP contribution in [0.4, 0.5) is 16.0 Å². The number of benzene rings is 1. The monoisotopic (exact) mass is 397 g/mol. The molecule has 0 saturated carbocycles. The van der Waals surface area contributed by atoms with Gasteiger partial charge in [0.25, 0.3) is 0 Å². The number of alkyl halides is 1. The van der Waals surface area contributed by atoms with Crippen molar-refractivity contribution in [3.05, 3.63) is 40.0 Å². The van der Waals surface area contributed by atoms with E-state index in [1.54, 1.807) is 20.2 Å². The van der Waals surface area contributed by atoms with Crippen LogP contribution in [0.15, 0.2) is 28.7 Å². The molecule has 1 aliphatic carbocycles. The molecule has 0 fully saturated rings. The molecule has 10 heteroatoms. The summed E-state index contributed by atoms with van der Waals surface area (Å²) in [5, 5.41) is 3.20. The van der Waals surface area contributed by atoms with E-state index in [2.05, 4.69) is 24.0 Å². The molecule has 1 aromatic carbocycles. The Morgan fingerprint density at radius 3 is 2.71 bits per heavy atom. The number of hydrogen-bond acceptors (Lipinski definition) is 7. The van der Waals surface area contributed by atoms with Gasteiger partial charge in [-0.25, -0.2) is 18.7 Å². The standard InChI is InChI=1S/C18H16FN7OS/c1-8-4-12-13(24-28-23-12)6-11(8)21-17-20-7-15-16(22-17)26(18(27)25(15)3)14-5-10(19)9(14)2/h4,6-7,10H,5H2,1-3H3,(H,20,21,22). The van der Waals surface area contributed by atoms with Crippen LogP contribution < -0.4 is 11.0 Å². The summed E-state index contributed by atoms with van der Waals surface area (Å²) in [5.41, 5.74) is 5.45. The van der Waals surface area contributed by atoms with Gasteiger partial charge >= 0.3 is 5.69 Å². The maximum atomic E-state index is 13.7. The first kappa shape index (κ1) is 17.0. The van der Waals surface area contributed by atoms with Gasteiger partial charge in [-0.1, -0.05) is 0 Å². The lowest BCUT2D eigenvalue weighted by Crippen LogP contribution is -2.29. The first-order chi connectivity index (χ1) is 13.4. The Balaban J connectivity index is 1.63. The Labute approximate surface area is 162 Å². The fourth-order valence-electron chi connectivity index (χ4n) is 3.41. The molecule has 0 saturated heterocycles. The summed E-state index contributed by atoms with van der Waals surface area (Å²) in [6, 6.07) is 3.84. The van der Waals surface area contributed by atoms with E-state index < -0.39 is 6.17 Å². The van der Waals surface area contributed by atoms with E-state index in [0.717, 1.165) is 34.0 Å². The normalized spacial score (nSPS) is 16.8. The zero-order valence-electron chi connectivity index (χ0n) is 15.4. The van der Waals surface area contributed by atoms with E-state index >= 15 is 0 Å². The van der Waals surface area contributed by atoms with Crippen LogP contribution in [-0.4, -0.2) is 34.0 Å². The fraction of sp³-hybridized carbons (Fsp3) is 0.278. The molecule has 3 aromatic heterocycles. The largest absolute Gasteiger partial charge is 0.334 e. The first-order valence-corrected chi connectivity index (χ1v) is 9.45. The minimum atomic E-state index is -1.00. The van der Waals surface area contributed by atoms with Gasteiger partial charge in [-0.2, -0.15) is 13.7 Å². The van der Waals surface area contributed by atoms with Crippen LogP contribution in [-0.2, 0) is 7.05 Å². The molecule has 5 rings (SSSR count). The van der Waals surface area contributed by atoms with E-state index in [-0.39, 0.29) is 12.1 Å². The van der Waals surface area contributed by atoms with Crippen LogP contribution in [0.2, 0.25) is 0 Å². The highest BCUT2D eigenvalue weighted by Gasteiger charge is 2.30. The molecule has 4 aromatic rings. The molecule has 142 valence electrons. The average Bonchev–Trinajstić information content (AvgIpc) is 3.22. The summed E-state index contributed by atoms with van der Waals surface area (Å²) in [5.74, 6) is 0.354. The van der Waals surface area contributed by atoms with E-state index in [1.807, 2.05) is 19.1 Å². The highest BCUT2D eigenvalue weighted by molar-refractivity contribution is 7.00. The highest BCUT2D eigenvalue weighted by atomic mass is 32.1. The number of rotatable bonds is 3. The third-order valence-corrected chi connectivity index (χ3v) is 5.77. The maximum Gasteiger partial charge on any atom is 0.334 e. The third-order valence-electron chi connectivity index (χ3n) is 5.22. The SMILES string of the molecule is CC1=C(n2c(=O)n(C)c3cnc(Nc4cc5nsnc5cc4C)nc32)CC1F. The maximum absolute atomic E-state index is 13.7. The Morgan fingerprint density at radius 2 is 2.00 bits per heavy atom. The molecule has 0 spiro atoms. The molecule has 8 nitrogen and oxygen atoms in total. The van der Waals surface area contributed by atoms with Crippen molar-refractivity contribution in [1.82, 2.24) is 27.8 Å². The predicted octanol–water partition coefficient (Wildman–Crippen LogP) is 3.16. The zero-order chi connectivity index (χ0) is 19.6. The van der Waals surface area contributed by atoms with E-state index in [9.17, 15) is 9.18 Å². The van der Waals surface area contributed by atoms with Gasteiger partial charge in [-0.05, 0) is 37.1 Å². The molecular formula is C18H16FN7OS. The van der Waals surface area contributed by atoms with Gasteiger partial charge in [0.1, 0.15) is 22.7 Å². The lowest BCUT2D eigenvalue weighted by Gasteiger charge is -2.25. The Morgan fingerprint density at radius 1 is 1.25 bits per heavy atom. The van der Waals surface area contributed by atoms with Crippen molar-refractivity contribution in [2.75, 3.05) is 5.32 Å². The lowest BCUT2D eigenvalue weighted by molar-refractivity contribution is 0.357. The molecule has 0 radical (unpaired) electrons. The van der Waals surface area contributed by atoms with Crippen molar-refractivity contribution in [2.45, 2.75) is 26.4 Å². The number of anilines is 2. The first-order valence-electron chi connectivity index (χ1n) is 8.72. The molecule has 1 unspecified atom stereocenters. The number of hydrogen-bond donors (Lipinski definition) is 1. The molecule has 1 N–H and O–H groups in total. The van der Waals surface area contributed by atoms with Gasteiger partial charge in [0, 0.05) is 24.9 Å². The van der Waals surface area contributed by atoms with Gasteiger partial charge in [0.05, 0.1) is 17.9 Å². The van der Waals surface area contributed by atoms with Gasteiger partial charge in [0.15, 0.2) is 5.65 Å². The minimum Gasteiger partial charge on any atom is -0.324 e. The van der Waals surface area contributed by atoms with Crippen molar-refractivity contribution in [1.29, 1.82) is 0 Å². The fourth-order valence-corrected chi connectivity index (χ4v) is 3.92. The molecule has 1 aliphatic rings. The third kappa shape index (κ3) is 2.37. The van der Waals surface area contributed by atoms with Gasteiger partial charge < -0.3 is 5.32 Å². The number of aryl methyl sites for hydroxylation is 2. The van der Waals surface area contributed by atoms with E-state index in [1.165, 1.54) is 9.13 Å². The number of allylic oxidation sites excluding steroid dienone is 2. The van der Waals surface area contributed by atoms with Gasteiger partial charge in [-0.15, -0.1) is 0 Å². The van der Waals surface area contributed by atoms with Crippen molar-refractivity contribution in [3.8, 4) is 0 Å². The summed E-state index contributed by atoms with van der Waals surface area (Å²) in [6.07, 6.45) is 0.810. The van der Waals surface area contributed by atoms with Crippen LogP contribution in [0.5, 0.6) is 0 Å². The van der Waals surface area contributed by atoms with Crippen LogP contribution >= 0.6 is 11.7 Å². The van der Waals surface area contributed by atoms with Crippen molar-refractivity contribution in [2.24, 2.45) is 7.05 Å². The molecule has 3 heterocycles. The van der Waals surface area contributed by atoms with Crippen LogP contribution in [0, 0.1) is 6.92 Å². The number of halogens is 1. The minimum absolute atomic E-state index is 0.213. The Hall–Kier alpha value is -3.14. The number of fused-ring (bicyclic) bond motifs is 2. The molecule has 0 aliphatic heterocycles. The topological polar surface area (TPSA) is 90.5 Å². The number of imidazole rings is 1. The Bertz CT molecular complexity index is 1350. The summed E-state index contributed by atoms with van der Waals surface area (Å²) in [6.45, 7) is 3.66. The van der Waals surface area contributed by atoms with Crippen molar-refractivity contribution < 1.29 is 4.39 Å². The summed E-state index contributed by atoms with van der Waals surface area (Å²) >= 11 is 1.16. The van der Waals surface area contributed by atoms with Crippen LogP contribution in [0.25, 0.3) is 27.9 Å². The van der Waals surface area contributed by atoms with Gasteiger partial charge in [-0.3, -0.25) is 4.57 Å². The number of aromatic nitrogens is 6. The quantitative estimate of drug-likeness (QED) is 0.571. The summed E-state index contributed by atoms with van der Waals surface area (Å²) < 4.78 is 25.1.